The SMILES string of the molecule is CS/C(Cc1ccccc1C(C)C)=N\N=C\c1ccc2c(ccc3c2ncn3-c2ccc(OC(F)(F)F)cc2)c1. The Balaban J connectivity index is 1.36. The van der Waals surface area contributed by atoms with Crippen molar-refractivity contribution in [3.63, 3.8) is 0 Å². The van der Waals surface area contributed by atoms with E-state index in [4.69, 9.17) is 0 Å². The van der Waals surface area contributed by atoms with Crippen molar-refractivity contribution in [2.75, 3.05) is 6.26 Å². The lowest BCUT2D eigenvalue weighted by Gasteiger charge is -2.12. The lowest BCUT2D eigenvalue weighted by molar-refractivity contribution is -0.274. The molecule has 0 N–H and O–H groups in total. The number of hydrogen-bond donors (Lipinski definition) is 0. The normalized spacial score (nSPS) is 12.7. The maximum atomic E-state index is 12.5. The predicted octanol–water partition coefficient (Wildman–Crippen LogP) is 8.54. The minimum Gasteiger partial charge on any atom is -0.406 e. The monoisotopic (exact) mass is 560 g/mol. The van der Waals surface area contributed by atoms with Crippen LogP contribution in [-0.2, 0) is 6.42 Å². The zero-order valence-electron chi connectivity index (χ0n) is 22.2. The zero-order valence-corrected chi connectivity index (χ0v) is 23.0. The Labute approximate surface area is 234 Å². The van der Waals surface area contributed by atoms with Gasteiger partial charge >= 0.3 is 6.36 Å². The van der Waals surface area contributed by atoms with Gasteiger partial charge in [-0.05, 0) is 70.6 Å². The molecular weight excluding hydrogens is 533 g/mol. The molecule has 0 saturated heterocycles. The summed E-state index contributed by atoms with van der Waals surface area (Å²) in [6.07, 6.45) is 1.43. The van der Waals surface area contributed by atoms with Gasteiger partial charge in [0.05, 0.1) is 22.3 Å². The summed E-state index contributed by atoms with van der Waals surface area (Å²) >= 11 is 1.60. The van der Waals surface area contributed by atoms with Crippen molar-refractivity contribution < 1.29 is 17.9 Å². The summed E-state index contributed by atoms with van der Waals surface area (Å²) in [4.78, 5) is 4.58. The van der Waals surface area contributed by atoms with E-state index in [-0.39, 0.29) is 5.75 Å². The van der Waals surface area contributed by atoms with E-state index in [0.29, 0.717) is 11.6 Å². The van der Waals surface area contributed by atoms with Crippen LogP contribution >= 0.6 is 11.8 Å². The molecule has 5 nitrogen and oxygen atoms in total. The highest BCUT2D eigenvalue weighted by molar-refractivity contribution is 8.13. The van der Waals surface area contributed by atoms with E-state index in [0.717, 1.165) is 38.8 Å². The van der Waals surface area contributed by atoms with Crippen LogP contribution in [0.2, 0.25) is 0 Å². The molecule has 0 radical (unpaired) electrons. The van der Waals surface area contributed by atoms with Gasteiger partial charge in [-0.1, -0.05) is 56.3 Å². The van der Waals surface area contributed by atoms with Gasteiger partial charge in [0.2, 0.25) is 0 Å². The molecule has 0 amide bonds. The third kappa shape index (κ3) is 6.20. The standard InChI is InChI=1S/C31H27F3N4OS/c1-20(2)26-7-5-4-6-22(26)17-29(40-3)37-36-18-21-8-14-27-23(16-21)9-15-28-30(27)35-19-38(28)24-10-12-25(13-11-24)39-31(32,33)34/h4-16,18-20H,17H2,1-3H3/b36-18+,37-29-. The summed E-state index contributed by atoms with van der Waals surface area (Å²) in [7, 11) is 0. The minimum absolute atomic E-state index is 0.269. The second kappa shape index (κ2) is 11.6. The van der Waals surface area contributed by atoms with Crippen molar-refractivity contribution in [3.05, 3.63) is 102 Å². The van der Waals surface area contributed by atoms with Gasteiger partial charge in [0, 0.05) is 17.5 Å². The number of imidazole rings is 1. The van der Waals surface area contributed by atoms with Gasteiger partial charge in [0.25, 0.3) is 0 Å². The minimum atomic E-state index is -4.73. The quantitative estimate of drug-likeness (QED) is 0.114. The molecule has 0 aliphatic heterocycles. The predicted molar refractivity (Wildman–Crippen MR) is 158 cm³/mol. The lowest BCUT2D eigenvalue weighted by Crippen LogP contribution is -2.17. The number of aromatic nitrogens is 2. The summed E-state index contributed by atoms with van der Waals surface area (Å²) in [5.41, 5.74) is 5.82. The molecule has 0 saturated carbocycles. The molecule has 4 aromatic carbocycles. The Morgan fingerprint density at radius 3 is 2.52 bits per heavy atom. The van der Waals surface area contributed by atoms with Crippen LogP contribution in [0, 0.1) is 0 Å². The van der Waals surface area contributed by atoms with Crippen molar-refractivity contribution in [2.45, 2.75) is 32.5 Å². The fraction of sp³-hybridized carbons (Fsp3) is 0.194. The van der Waals surface area contributed by atoms with E-state index in [9.17, 15) is 13.2 Å². The van der Waals surface area contributed by atoms with Crippen LogP contribution in [0.1, 0.15) is 36.5 Å². The van der Waals surface area contributed by atoms with Gasteiger partial charge in [-0.2, -0.15) is 5.10 Å². The van der Waals surface area contributed by atoms with Crippen molar-refractivity contribution in [3.8, 4) is 11.4 Å². The highest BCUT2D eigenvalue weighted by Gasteiger charge is 2.31. The van der Waals surface area contributed by atoms with Crippen LogP contribution in [0.4, 0.5) is 13.2 Å². The molecule has 1 aromatic heterocycles. The second-order valence-electron chi connectivity index (χ2n) is 9.54. The van der Waals surface area contributed by atoms with Gasteiger partial charge in [-0.15, -0.1) is 30.0 Å². The Hall–Kier alpha value is -4.11. The number of rotatable bonds is 7. The molecule has 5 aromatic rings. The molecule has 0 spiro atoms. The molecule has 0 bridgehead atoms. The third-order valence-corrected chi connectivity index (χ3v) is 7.23. The highest BCUT2D eigenvalue weighted by atomic mass is 32.2. The Kier molecular flexibility index (Phi) is 7.93. The molecule has 5 rings (SSSR count). The van der Waals surface area contributed by atoms with E-state index < -0.39 is 6.36 Å². The van der Waals surface area contributed by atoms with Crippen LogP contribution in [0.15, 0.2) is 95.4 Å². The number of benzene rings is 4. The van der Waals surface area contributed by atoms with Gasteiger partial charge in [-0.3, -0.25) is 4.57 Å². The van der Waals surface area contributed by atoms with Crippen molar-refractivity contribution in [1.29, 1.82) is 0 Å². The Bertz CT molecular complexity index is 1710. The molecular formula is C31H27F3N4OS. The number of fused-ring (bicyclic) bond motifs is 3. The molecule has 9 heteroatoms. The number of hydrogen-bond acceptors (Lipinski definition) is 5. The smallest absolute Gasteiger partial charge is 0.406 e. The van der Waals surface area contributed by atoms with E-state index in [1.807, 2.05) is 41.2 Å². The molecule has 0 atom stereocenters. The first-order valence-corrected chi connectivity index (χ1v) is 13.9. The van der Waals surface area contributed by atoms with Gasteiger partial charge in [0.1, 0.15) is 12.1 Å². The molecule has 0 aliphatic carbocycles. The fourth-order valence-corrected chi connectivity index (χ4v) is 5.08. The molecule has 204 valence electrons. The van der Waals surface area contributed by atoms with Crippen LogP contribution in [-0.4, -0.2) is 33.4 Å². The lowest BCUT2D eigenvalue weighted by atomic mass is 9.96. The molecule has 0 fully saturated rings. The molecule has 0 unspecified atom stereocenters. The average Bonchev–Trinajstić information content (AvgIpc) is 3.36. The van der Waals surface area contributed by atoms with Crippen molar-refractivity contribution >= 4 is 44.8 Å². The summed E-state index contributed by atoms with van der Waals surface area (Å²) < 4.78 is 43.3. The Morgan fingerprint density at radius 1 is 1.02 bits per heavy atom. The van der Waals surface area contributed by atoms with E-state index in [1.165, 1.54) is 23.3 Å². The number of thioether (sulfide) groups is 1. The van der Waals surface area contributed by atoms with Gasteiger partial charge < -0.3 is 4.74 Å². The van der Waals surface area contributed by atoms with E-state index in [1.54, 1.807) is 36.4 Å². The summed E-state index contributed by atoms with van der Waals surface area (Å²) in [6, 6.07) is 24.1. The third-order valence-electron chi connectivity index (χ3n) is 6.53. The number of halogens is 3. The summed E-state index contributed by atoms with van der Waals surface area (Å²) in [5.74, 6) is 0.173. The first-order valence-electron chi connectivity index (χ1n) is 12.7. The molecule has 40 heavy (non-hydrogen) atoms. The average molecular weight is 561 g/mol. The number of ether oxygens (including phenoxy) is 1. The van der Waals surface area contributed by atoms with Crippen LogP contribution < -0.4 is 4.74 Å². The van der Waals surface area contributed by atoms with Crippen LogP contribution in [0.3, 0.4) is 0 Å². The Morgan fingerprint density at radius 2 is 1.80 bits per heavy atom. The molecule has 1 heterocycles. The second-order valence-corrected chi connectivity index (χ2v) is 10.4. The molecule has 0 aliphatic rings. The fourth-order valence-electron chi connectivity index (χ4n) is 4.65. The van der Waals surface area contributed by atoms with Gasteiger partial charge in [0.15, 0.2) is 0 Å². The first kappa shape index (κ1) is 27.5. The summed E-state index contributed by atoms with van der Waals surface area (Å²) in [5, 5.41) is 11.8. The number of alkyl halides is 3. The zero-order chi connectivity index (χ0) is 28.3. The van der Waals surface area contributed by atoms with Crippen LogP contribution in [0.5, 0.6) is 5.75 Å². The topological polar surface area (TPSA) is 51.8 Å². The first-order chi connectivity index (χ1) is 19.2. The largest absolute Gasteiger partial charge is 0.573 e. The van der Waals surface area contributed by atoms with Crippen molar-refractivity contribution in [2.24, 2.45) is 10.2 Å². The summed E-state index contributed by atoms with van der Waals surface area (Å²) in [6.45, 7) is 4.39. The van der Waals surface area contributed by atoms with E-state index in [2.05, 4.69) is 58.0 Å². The maximum absolute atomic E-state index is 12.5. The van der Waals surface area contributed by atoms with E-state index >= 15 is 0 Å². The van der Waals surface area contributed by atoms with Gasteiger partial charge in [-0.25, -0.2) is 4.98 Å². The van der Waals surface area contributed by atoms with Crippen molar-refractivity contribution in [1.82, 2.24) is 9.55 Å². The highest BCUT2D eigenvalue weighted by Crippen LogP contribution is 2.29. The number of nitrogens with zero attached hydrogens (tertiary/aromatic N) is 4. The van der Waals surface area contributed by atoms with Crippen LogP contribution in [0.25, 0.3) is 27.5 Å². The maximum Gasteiger partial charge on any atom is 0.573 e.